The Balaban J connectivity index is 1.88. The van der Waals surface area contributed by atoms with Crippen LogP contribution in [0.2, 0.25) is 0 Å². The second-order valence-corrected chi connectivity index (χ2v) is 4.71. The first-order valence-corrected chi connectivity index (χ1v) is 6.07. The molecule has 6 heteroatoms. The van der Waals surface area contributed by atoms with Gasteiger partial charge in [0.25, 0.3) is 5.91 Å². The Labute approximate surface area is 105 Å². The molecule has 1 saturated heterocycles. The van der Waals surface area contributed by atoms with Crippen LogP contribution in [-0.4, -0.2) is 44.8 Å². The number of hydrogen-bond acceptors (Lipinski definition) is 3. The van der Waals surface area contributed by atoms with Crippen molar-refractivity contribution in [3.8, 4) is 0 Å². The van der Waals surface area contributed by atoms with E-state index in [-0.39, 0.29) is 12.3 Å². The van der Waals surface area contributed by atoms with E-state index in [2.05, 4.69) is 5.10 Å². The number of aryl methyl sites for hydroxylation is 1. The van der Waals surface area contributed by atoms with Gasteiger partial charge in [-0.2, -0.15) is 5.10 Å². The summed E-state index contributed by atoms with van der Waals surface area (Å²) in [5.74, 6) is -0.535. The summed E-state index contributed by atoms with van der Waals surface area (Å²) in [5.41, 5.74) is 0.455. The minimum atomic E-state index is -0.774. The fourth-order valence-electron chi connectivity index (χ4n) is 2.27. The molecule has 98 valence electrons. The highest BCUT2D eigenvalue weighted by Gasteiger charge is 2.28. The number of amides is 1. The molecule has 0 spiro atoms. The van der Waals surface area contributed by atoms with Gasteiger partial charge in [-0.15, -0.1) is 0 Å². The third-order valence-corrected chi connectivity index (χ3v) is 3.27. The monoisotopic (exact) mass is 251 g/mol. The molecule has 1 atom stereocenters. The van der Waals surface area contributed by atoms with Crippen molar-refractivity contribution in [2.45, 2.75) is 19.3 Å². The van der Waals surface area contributed by atoms with Gasteiger partial charge in [-0.3, -0.25) is 14.3 Å². The number of likely N-dealkylation sites (tertiary alicyclic amines) is 1. The number of aliphatic carboxylic acids is 1. The van der Waals surface area contributed by atoms with E-state index >= 15 is 0 Å². The Morgan fingerprint density at radius 1 is 1.56 bits per heavy atom. The average molecular weight is 251 g/mol. The third-order valence-electron chi connectivity index (χ3n) is 3.27. The summed E-state index contributed by atoms with van der Waals surface area (Å²) in [5, 5.41) is 12.7. The molecular weight excluding hydrogens is 234 g/mol. The number of aromatic nitrogens is 2. The molecule has 0 saturated carbocycles. The van der Waals surface area contributed by atoms with Crippen LogP contribution in [0, 0.1) is 5.92 Å². The van der Waals surface area contributed by atoms with Crippen LogP contribution in [0.3, 0.4) is 0 Å². The fraction of sp³-hybridized carbons (Fsp3) is 0.583. The number of nitrogens with zero attached hydrogens (tertiary/aromatic N) is 3. The first-order chi connectivity index (χ1) is 8.56. The van der Waals surface area contributed by atoms with Crippen LogP contribution in [0.4, 0.5) is 0 Å². The Morgan fingerprint density at radius 3 is 2.94 bits per heavy atom. The lowest BCUT2D eigenvalue weighted by molar-refractivity contribution is -0.137. The summed E-state index contributed by atoms with van der Waals surface area (Å²) in [6.45, 7) is 1.34. The molecule has 1 aromatic heterocycles. The molecule has 0 aromatic carbocycles. The maximum atomic E-state index is 12.1. The Morgan fingerprint density at radius 2 is 2.33 bits per heavy atom. The van der Waals surface area contributed by atoms with E-state index in [1.54, 1.807) is 28.9 Å². The van der Waals surface area contributed by atoms with Crippen molar-refractivity contribution in [2.24, 2.45) is 13.0 Å². The van der Waals surface area contributed by atoms with Gasteiger partial charge in [-0.05, 0) is 24.8 Å². The van der Waals surface area contributed by atoms with Gasteiger partial charge in [0.15, 0.2) is 0 Å². The molecule has 6 nitrogen and oxygen atoms in total. The zero-order valence-electron chi connectivity index (χ0n) is 10.4. The first-order valence-electron chi connectivity index (χ1n) is 6.07. The van der Waals surface area contributed by atoms with Gasteiger partial charge >= 0.3 is 5.97 Å². The Bertz CT molecular complexity index is 455. The predicted octanol–water partition coefficient (Wildman–Crippen LogP) is 0.747. The lowest BCUT2D eigenvalue weighted by Gasteiger charge is -2.14. The summed E-state index contributed by atoms with van der Waals surface area (Å²) >= 11 is 0. The average Bonchev–Trinajstić information content (AvgIpc) is 2.94. The SMILES string of the molecule is Cn1ccc(C(=O)N2CCC(CCC(=O)O)C2)n1. The molecular formula is C12H17N3O3. The van der Waals surface area contributed by atoms with Crippen LogP contribution in [0.5, 0.6) is 0 Å². The highest BCUT2D eigenvalue weighted by Crippen LogP contribution is 2.22. The van der Waals surface area contributed by atoms with Crippen LogP contribution in [0.25, 0.3) is 0 Å². The van der Waals surface area contributed by atoms with E-state index in [1.807, 2.05) is 0 Å². The summed E-state index contributed by atoms with van der Waals surface area (Å²) in [6.07, 6.45) is 3.44. The molecule has 1 aliphatic heterocycles. The number of hydrogen-bond donors (Lipinski definition) is 1. The van der Waals surface area contributed by atoms with E-state index in [0.717, 1.165) is 6.42 Å². The number of carbonyl (C=O) groups excluding carboxylic acids is 1. The number of carboxylic acid groups (broad SMARTS) is 1. The van der Waals surface area contributed by atoms with E-state index in [1.165, 1.54) is 0 Å². The molecule has 1 fully saturated rings. The molecule has 0 aliphatic carbocycles. The predicted molar refractivity (Wildman–Crippen MR) is 64.1 cm³/mol. The number of carboxylic acids is 1. The summed E-state index contributed by atoms with van der Waals surface area (Å²) < 4.78 is 1.60. The fourth-order valence-corrected chi connectivity index (χ4v) is 2.27. The summed E-state index contributed by atoms with van der Waals surface area (Å²) in [6, 6.07) is 1.70. The Hall–Kier alpha value is -1.85. The van der Waals surface area contributed by atoms with E-state index in [0.29, 0.717) is 31.1 Å². The molecule has 0 radical (unpaired) electrons. The van der Waals surface area contributed by atoms with Gasteiger partial charge < -0.3 is 10.0 Å². The topological polar surface area (TPSA) is 75.4 Å². The second kappa shape index (κ2) is 5.20. The van der Waals surface area contributed by atoms with Gasteiger partial charge in [-0.1, -0.05) is 0 Å². The lowest BCUT2D eigenvalue weighted by Crippen LogP contribution is -2.29. The van der Waals surface area contributed by atoms with Crippen molar-refractivity contribution in [3.63, 3.8) is 0 Å². The van der Waals surface area contributed by atoms with Crippen LogP contribution >= 0.6 is 0 Å². The molecule has 1 aromatic rings. The van der Waals surface area contributed by atoms with Crippen LogP contribution < -0.4 is 0 Å². The summed E-state index contributed by atoms with van der Waals surface area (Å²) in [7, 11) is 1.77. The largest absolute Gasteiger partial charge is 0.481 e. The maximum Gasteiger partial charge on any atom is 0.303 e. The number of carbonyl (C=O) groups is 2. The van der Waals surface area contributed by atoms with Crippen molar-refractivity contribution >= 4 is 11.9 Å². The van der Waals surface area contributed by atoms with Gasteiger partial charge in [0.2, 0.25) is 0 Å². The normalized spacial score (nSPS) is 19.2. The minimum absolute atomic E-state index is 0.0616. The molecule has 18 heavy (non-hydrogen) atoms. The molecule has 1 aliphatic rings. The van der Waals surface area contributed by atoms with Gasteiger partial charge in [0.05, 0.1) is 0 Å². The Kier molecular flexibility index (Phi) is 3.64. The molecule has 1 unspecified atom stereocenters. The summed E-state index contributed by atoms with van der Waals surface area (Å²) in [4.78, 5) is 24.3. The van der Waals surface area contributed by atoms with Crippen molar-refractivity contribution in [1.29, 1.82) is 0 Å². The van der Waals surface area contributed by atoms with Crippen molar-refractivity contribution in [2.75, 3.05) is 13.1 Å². The van der Waals surface area contributed by atoms with E-state index in [9.17, 15) is 9.59 Å². The zero-order valence-corrected chi connectivity index (χ0v) is 10.4. The van der Waals surface area contributed by atoms with E-state index < -0.39 is 5.97 Å². The van der Waals surface area contributed by atoms with Crippen molar-refractivity contribution < 1.29 is 14.7 Å². The highest BCUT2D eigenvalue weighted by atomic mass is 16.4. The van der Waals surface area contributed by atoms with Crippen LogP contribution in [0.15, 0.2) is 12.3 Å². The van der Waals surface area contributed by atoms with Crippen LogP contribution in [-0.2, 0) is 11.8 Å². The zero-order chi connectivity index (χ0) is 13.1. The molecule has 2 rings (SSSR count). The van der Waals surface area contributed by atoms with E-state index in [4.69, 9.17) is 5.11 Å². The van der Waals surface area contributed by atoms with Crippen LogP contribution in [0.1, 0.15) is 29.8 Å². The maximum absolute atomic E-state index is 12.1. The number of rotatable bonds is 4. The molecule has 0 bridgehead atoms. The quantitative estimate of drug-likeness (QED) is 0.856. The third kappa shape index (κ3) is 2.88. The smallest absolute Gasteiger partial charge is 0.303 e. The van der Waals surface area contributed by atoms with Gasteiger partial charge in [0.1, 0.15) is 5.69 Å². The van der Waals surface area contributed by atoms with Crippen molar-refractivity contribution in [1.82, 2.24) is 14.7 Å². The molecule has 2 heterocycles. The first kappa shape index (κ1) is 12.6. The van der Waals surface area contributed by atoms with Crippen molar-refractivity contribution in [3.05, 3.63) is 18.0 Å². The highest BCUT2D eigenvalue weighted by molar-refractivity contribution is 5.92. The lowest BCUT2D eigenvalue weighted by atomic mass is 10.0. The minimum Gasteiger partial charge on any atom is -0.481 e. The van der Waals surface area contributed by atoms with Gasteiger partial charge in [-0.25, -0.2) is 0 Å². The second-order valence-electron chi connectivity index (χ2n) is 4.71. The molecule has 1 N–H and O–H groups in total. The standard InChI is InChI=1S/C12H17N3O3/c1-14-6-5-10(13-14)12(18)15-7-4-9(8-15)2-3-11(16)17/h5-6,9H,2-4,7-8H2,1H3,(H,16,17). The molecule has 1 amide bonds. The van der Waals surface area contributed by atoms with Gasteiger partial charge in [0, 0.05) is 32.8 Å².